The van der Waals surface area contributed by atoms with Gasteiger partial charge >= 0.3 is 0 Å². The van der Waals surface area contributed by atoms with Crippen molar-refractivity contribution in [2.24, 2.45) is 0 Å². The molecule has 0 aliphatic heterocycles. The van der Waals surface area contributed by atoms with E-state index in [0.29, 0.717) is 5.75 Å². The standard InChI is InChI=1S/C5H8OS/c1-2-4-7-5-3-6/h2-3H,1,4-5H2. The number of carbonyl (C=O) groups is 1. The van der Waals surface area contributed by atoms with Crippen LogP contribution in [0.25, 0.3) is 0 Å². The van der Waals surface area contributed by atoms with Crippen LogP contribution in [0.15, 0.2) is 12.7 Å². The van der Waals surface area contributed by atoms with Crippen molar-refractivity contribution < 1.29 is 4.79 Å². The normalized spacial score (nSPS) is 8.00. The fourth-order valence-electron chi connectivity index (χ4n) is 0.199. The monoisotopic (exact) mass is 116 g/mol. The van der Waals surface area contributed by atoms with E-state index in [4.69, 9.17) is 0 Å². The van der Waals surface area contributed by atoms with Crippen LogP contribution in [-0.4, -0.2) is 17.8 Å². The van der Waals surface area contributed by atoms with Crippen LogP contribution >= 0.6 is 11.8 Å². The molecule has 0 aromatic rings. The van der Waals surface area contributed by atoms with Crippen molar-refractivity contribution in [1.82, 2.24) is 0 Å². The van der Waals surface area contributed by atoms with Gasteiger partial charge in [0.05, 0.1) is 0 Å². The summed E-state index contributed by atoms with van der Waals surface area (Å²) in [5.74, 6) is 1.46. The van der Waals surface area contributed by atoms with Crippen LogP contribution in [0.4, 0.5) is 0 Å². The predicted octanol–water partition coefficient (Wildman–Crippen LogP) is 1.10. The molecule has 0 fully saturated rings. The molecule has 2 heteroatoms. The third kappa shape index (κ3) is 5.76. The zero-order chi connectivity index (χ0) is 5.54. The van der Waals surface area contributed by atoms with Crippen molar-refractivity contribution >= 4 is 18.0 Å². The second kappa shape index (κ2) is 5.76. The molecule has 0 radical (unpaired) electrons. The summed E-state index contributed by atoms with van der Waals surface area (Å²) in [6.07, 6.45) is 2.68. The SMILES string of the molecule is C=CCSCC=O. The van der Waals surface area contributed by atoms with Gasteiger partial charge in [-0.05, 0) is 0 Å². The third-order valence-electron chi connectivity index (χ3n) is 0.422. The van der Waals surface area contributed by atoms with Gasteiger partial charge in [0.1, 0.15) is 6.29 Å². The lowest BCUT2D eigenvalue weighted by Gasteiger charge is -1.82. The second-order valence-electron chi connectivity index (χ2n) is 0.993. The van der Waals surface area contributed by atoms with E-state index in [-0.39, 0.29) is 0 Å². The highest BCUT2D eigenvalue weighted by molar-refractivity contribution is 7.99. The summed E-state index contributed by atoms with van der Waals surface area (Å²) in [6.45, 7) is 3.50. The maximum atomic E-state index is 9.62. The van der Waals surface area contributed by atoms with E-state index in [1.165, 1.54) is 0 Å². The molecule has 0 aromatic carbocycles. The van der Waals surface area contributed by atoms with Gasteiger partial charge in [-0.25, -0.2) is 0 Å². The number of rotatable bonds is 4. The van der Waals surface area contributed by atoms with E-state index in [0.717, 1.165) is 12.0 Å². The summed E-state index contributed by atoms with van der Waals surface area (Å²) in [5, 5.41) is 0. The molecule has 0 amide bonds. The Morgan fingerprint density at radius 1 is 1.57 bits per heavy atom. The molecule has 0 heterocycles. The lowest BCUT2D eigenvalue weighted by atomic mass is 10.8. The molecule has 0 rings (SSSR count). The van der Waals surface area contributed by atoms with Gasteiger partial charge < -0.3 is 4.79 Å². The lowest BCUT2D eigenvalue weighted by Crippen LogP contribution is -1.77. The van der Waals surface area contributed by atoms with E-state index < -0.39 is 0 Å². The van der Waals surface area contributed by atoms with Crippen LogP contribution in [-0.2, 0) is 4.79 Å². The molecule has 0 atom stereocenters. The summed E-state index contributed by atoms with van der Waals surface area (Å²) >= 11 is 1.57. The van der Waals surface area contributed by atoms with Gasteiger partial charge in [-0.15, -0.1) is 6.58 Å². The van der Waals surface area contributed by atoms with Gasteiger partial charge in [0.2, 0.25) is 0 Å². The van der Waals surface area contributed by atoms with Gasteiger partial charge in [0.15, 0.2) is 0 Å². The Kier molecular flexibility index (Phi) is 5.56. The Morgan fingerprint density at radius 3 is 2.71 bits per heavy atom. The van der Waals surface area contributed by atoms with Crippen LogP contribution in [0.2, 0.25) is 0 Å². The first-order valence-electron chi connectivity index (χ1n) is 2.04. The van der Waals surface area contributed by atoms with Crippen molar-refractivity contribution in [2.75, 3.05) is 11.5 Å². The van der Waals surface area contributed by atoms with Gasteiger partial charge in [-0.1, -0.05) is 6.08 Å². The number of hydrogen-bond acceptors (Lipinski definition) is 2. The quantitative estimate of drug-likeness (QED) is 0.311. The fraction of sp³-hybridized carbons (Fsp3) is 0.400. The fourth-order valence-corrected chi connectivity index (χ4v) is 0.598. The number of thioether (sulfide) groups is 1. The topological polar surface area (TPSA) is 17.1 Å². The van der Waals surface area contributed by atoms with Crippen molar-refractivity contribution in [3.8, 4) is 0 Å². The van der Waals surface area contributed by atoms with Crippen LogP contribution in [0.3, 0.4) is 0 Å². The zero-order valence-electron chi connectivity index (χ0n) is 4.09. The highest BCUT2D eigenvalue weighted by atomic mass is 32.2. The number of carbonyl (C=O) groups excluding carboxylic acids is 1. The molecule has 0 aromatic heterocycles. The molecular formula is C5H8OS. The molecule has 0 bridgehead atoms. The first-order valence-corrected chi connectivity index (χ1v) is 3.19. The average molecular weight is 116 g/mol. The number of hydrogen-bond donors (Lipinski definition) is 0. The van der Waals surface area contributed by atoms with Crippen molar-refractivity contribution in [3.05, 3.63) is 12.7 Å². The molecule has 7 heavy (non-hydrogen) atoms. The van der Waals surface area contributed by atoms with E-state index >= 15 is 0 Å². The molecule has 0 aliphatic rings. The largest absolute Gasteiger partial charge is 0.302 e. The molecule has 0 saturated heterocycles. The second-order valence-corrected chi connectivity index (χ2v) is 2.07. The first kappa shape index (κ1) is 6.76. The van der Waals surface area contributed by atoms with Crippen molar-refractivity contribution in [1.29, 1.82) is 0 Å². The molecule has 40 valence electrons. The van der Waals surface area contributed by atoms with Crippen LogP contribution < -0.4 is 0 Å². The Hall–Kier alpha value is -0.240. The van der Waals surface area contributed by atoms with Crippen molar-refractivity contribution in [2.45, 2.75) is 0 Å². The highest BCUT2D eigenvalue weighted by Gasteiger charge is 1.76. The first-order chi connectivity index (χ1) is 3.41. The molecule has 1 nitrogen and oxygen atoms in total. The zero-order valence-corrected chi connectivity index (χ0v) is 4.91. The maximum Gasteiger partial charge on any atom is 0.129 e. The molecule has 0 spiro atoms. The molecular weight excluding hydrogens is 108 g/mol. The highest BCUT2D eigenvalue weighted by Crippen LogP contribution is 1.94. The summed E-state index contributed by atoms with van der Waals surface area (Å²) in [6, 6.07) is 0. The summed E-state index contributed by atoms with van der Waals surface area (Å²) < 4.78 is 0. The minimum Gasteiger partial charge on any atom is -0.302 e. The molecule has 0 unspecified atom stereocenters. The lowest BCUT2D eigenvalue weighted by molar-refractivity contribution is -0.105. The molecule has 0 aliphatic carbocycles. The van der Waals surface area contributed by atoms with Gasteiger partial charge in [0.25, 0.3) is 0 Å². The molecule has 0 saturated carbocycles. The summed E-state index contributed by atoms with van der Waals surface area (Å²) in [7, 11) is 0. The Balaban J connectivity index is 2.68. The predicted molar refractivity (Wildman–Crippen MR) is 33.6 cm³/mol. The van der Waals surface area contributed by atoms with Gasteiger partial charge in [-0.3, -0.25) is 0 Å². The van der Waals surface area contributed by atoms with Crippen LogP contribution in [0.1, 0.15) is 0 Å². The third-order valence-corrected chi connectivity index (χ3v) is 1.26. The Labute approximate surface area is 47.8 Å². The number of aldehydes is 1. The van der Waals surface area contributed by atoms with Crippen LogP contribution in [0, 0.1) is 0 Å². The van der Waals surface area contributed by atoms with E-state index in [2.05, 4.69) is 6.58 Å². The smallest absolute Gasteiger partial charge is 0.129 e. The van der Waals surface area contributed by atoms with E-state index in [9.17, 15) is 4.79 Å². The van der Waals surface area contributed by atoms with Gasteiger partial charge in [-0.2, -0.15) is 11.8 Å². The van der Waals surface area contributed by atoms with Crippen LogP contribution in [0.5, 0.6) is 0 Å². The summed E-state index contributed by atoms with van der Waals surface area (Å²) in [4.78, 5) is 9.62. The maximum absolute atomic E-state index is 9.62. The van der Waals surface area contributed by atoms with Crippen molar-refractivity contribution in [3.63, 3.8) is 0 Å². The minimum atomic E-state index is 0.589. The van der Waals surface area contributed by atoms with E-state index in [1.54, 1.807) is 17.8 Å². The minimum absolute atomic E-state index is 0.589. The Morgan fingerprint density at radius 2 is 2.29 bits per heavy atom. The Bertz CT molecular complexity index is 53.1. The summed E-state index contributed by atoms with van der Waals surface area (Å²) in [5.41, 5.74) is 0. The molecule has 0 N–H and O–H groups in total. The average Bonchev–Trinajstić information content (AvgIpc) is 1.69. The van der Waals surface area contributed by atoms with E-state index in [1.807, 2.05) is 0 Å². The van der Waals surface area contributed by atoms with Gasteiger partial charge in [0, 0.05) is 11.5 Å².